The third-order valence-electron chi connectivity index (χ3n) is 5.36. The molecule has 1 fully saturated rings. The van der Waals surface area contributed by atoms with Crippen LogP contribution in [0.5, 0.6) is 0 Å². The molecule has 0 radical (unpaired) electrons. The van der Waals surface area contributed by atoms with Crippen LogP contribution in [0.4, 0.5) is 0 Å². The first-order chi connectivity index (χ1) is 12.4. The number of aliphatic carboxylic acids is 1. The zero-order chi connectivity index (χ0) is 18.8. The summed E-state index contributed by atoms with van der Waals surface area (Å²) in [4.78, 5) is 49.7. The standard InChI is InChI=1S/C19H22N2O5/c1-11(21-17(23)14-8-4-5-9-15(14)18(21)24)16(22)20-10-12-6-2-3-7-13(12)19(25)26/h4-5,8-9,11-13H,2-3,6-7,10H2,1H3,(H,20,22)(H,25,26)/t11?,12-,13-/m0/s1. The highest BCUT2D eigenvalue weighted by molar-refractivity contribution is 6.22. The maximum atomic E-state index is 12.5. The molecule has 1 aromatic carbocycles. The number of nitrogens with one attached hydrogen (secondary N) is 1. The zero-order valence-electron chi connectivity index (χ0n) is 14.6. The summed E-state index contributed by atoms with van der Waals surface area (Å²) >= 11 is 0. The lowest BCUT2D eigenvalue weighted by molar-refractivity contribution is -0.145. The van der Waals surface area contributed by atoms with E-state index in [1.54, 1.807) is 24.3 Å². The Labute approximate surface area is 151 Å². The van der Waals surface area contributed by atoms with Crippen molar-refractivity contribution in [1.82, 2.24) is 10.2 Å². The van der Waals surface area contributed by atoms with Crippen molar-refractivity contribution >= 4 is 23.7 Å². The van der Waals surface area contributed by atoms with E-state index in [1.807, 2.05) is 0 Å². The van der Waals surface area contributed by atoms with Crippen LogP contribution in [0.2, 0.25) is 0 Å². The third kappa shape index (κ3) is 3.21. The maximum absolute atomic E-state index is 12.5. The highest BCUT2D eigenvalue weighted by atomic mass is 16.4. The monoisotopic (exact) mass is 358 g/mol. The molecule has 26 heavy (non-hydrogen) atoms. The molecule has 0 spiro atoms. The van der Waals surface area contributed by atoms with Crippen molar-refractivity contribution < 1.29 is 24.3 Å². The maximum Gasteiger partial charge on any atom is 0.306 e. The second-order valence-corrected chi connectivity index (χ2v) is 6.94. The normalized spacial score (nSPS) is 23.5. The Morgan fingerprint density at radius 3 is 2.31 bits per heavy atom. The zero-order valence-corrected chi connectivity index (χ0v) is 14.6. The number of imide groups is 1. The van der Waals surface area contributed by atoms with Gasteiger partial charge in [0.1, 0.15) is 6.04 Å². The molecule has 138 valence electrons. The second-order valence-electron chi connectivity index (χ2n) is 6.94. The lowest BCUT2D eigenvalue weighted by Crippen LogP contribution is -2.49. The van der Waals surface area contributed by atoms with Gasteiger partial charge >= 0.3 is 5.97 Å². The summed E-state index contributed by atoms with van der Waals surface area (Å²) in [5.41, 5.74) is 0.603. The number of carboxylic acid groups (broad SMARTS) is 1. The van der Waals surface area contributed by atoms with Gasteiger partial charge in [-0.15, -0.1) is 0 Å². The van der Waals surface area contributed by atoms with Crippen molar-refractivity contribution in [2.24, 2.45) is 11.8 Å². The molecule has 1 saturated carbocycles. The average molecular weight is 358 g/mol. The molecule has 2 N–H and O–H groups in total. The van der Waals surface area contributed by atoms with Gasteiger partial charge in [-0.1, -0.05) is 25.0 Å². The smallest absolute Gasteiger partial charge is 0.306 e. The molecule has 3 amide bonds. The highest BCUT2D eigenvalue weighted by Crippen LogP contribution is 2.30. The minimum atomic E-state index is -0.950. The largest absolute Gasteiger partial charge is 0.481 e. The van der Waals surface area contributed by atoms with Crippen LogP contribution in [-0.2, 0) is 9.59 Å². The molecule has 0 aromatic heterocycles. The fourth-order valence-electron chi connectivity index (χ4n) is 3.83. The molecular weight excluding hydrogens is 336 g/mol. The predicted molar refractivity (Wildman–Crippen MR) is 92.5 cm³/mol. The molecule has 1 aliphatic carbocycles. The van der Waals surface area contributed by atoms with Gasteiger partial charge in [-0.3, -0.25) is 24.1 Å². The van der Waals surface area contributed by atoms with Gasteiger partial charge in [0.05, 0.1) is 17.0 Å². The number of carbonyl (C=O) groups excluding carboxylic acids is 3. The lowest BCUT2D eigenvalue weighted by Gasteiger charge is -2.29. The van der Waals surface area contributed by atoms with Crippen LogP contribution >= 0.6 is 0 Å². The molecule has 1 heterocycles. The Morgan fingerprint density at radius 1 is 1.15 bits per heavy atom. The summed E-state index contributed by atoms with van der Waals surface area (Å²) in [6, 6.07) is 5.54. The van der Waals surface area contributed by atoms with Crippen molar-refractivity contribution in [1.29, 1.82) is 0 Å². The molecule has 1 unspecified atom stereocenters. The number of amides is 3. The van der Waals surface area contributed by atoms with Crippen molar-refractivity contribution in [3.05, 3.63) is 35.4 Å². The van der Waals surface area contributed by atoms with Crippen LogP contribution in [0, 0.1) is 11.8 Å². The predicted octanol–water partition coefficient (Wildman–Crippen LogP) is 1.68. The second kappa shape index (κ2) is 7.27. The Hall–Kier alpha value is -2.70. The number of rotatable bonds is 5. The quantitative estimate of drug-likeness (QED) is 0.780. The molecule has 7 heteroatoms. The van der Waals surface area contributed by atoms with E-state index in [2.05, 4.69) is 5.32 Å². The molecule has 1 aromatic rings. The molecular formula is C19H22N2O5. The van der Waals surface area contributed by atoms with Gasteiger partial charge in [-0.05, 0) is 37.8 Å². The SMILES string of the molecule is CC(C(=O)NC[C@@H]1CCCC[C@@H]1C(=O)O)N1C(=O)c2ccccc2C1=O. The van der Waals surface area contributed by atoms with Crippen molar-refractivity contribution in [3.8, 4) is 0 Å². The van der Waals surface area contributed by atoms with E-state index in [9.17, 15) is 24.3 Å². The van der Waals surface area contributed by atoms with Crippen LogP contribution in [0.25, 0.3) is 0 Å². The molecule has 2 aliphatic rings. The van der Waals surface area contributed by atoms with Crippen LogP contribution in [0.1, 0.15) is 53.3 Å². The first-order valence-electron chi connectivity index (χ1n) is 8.89. The summed E-state index contributed by atoms with van der Waals surface area (Å²) < 4.78 is 0. The van der Waals surface area contributed by atoms with Gasteiger partial charge < -0.3 is 10.4 Å². The molecule has 3 atom stereocenters. The first-order valence-corrected chi connectivity index (χ1v) is 8.89. The summed E-state index contributed by atoms with van der Waals surface area (Å²) in [5, 5.41) is 12.0. The molecule has 1 aliphatic heterocycles. The summed E-state index contributed by atoms with van der Waals surface area (Å²) in [5.74, 6) is -2.83. The number of carboxylic acids is 1. The van der Waals surface area contributed by atoms with E-state index in [-0.39, 0.29) is 12.5 Å². The Bertz CT molecular complexity index is 725. The average Bonchev–Trinajstić information content (AvgIpc) is 2.90. The van der Waals surface area contributed by atoms with Gasteiger partial charge in [0, 0.05) is 6.54 Å². The van der Waals surface area contributed by atoms with Gasteiger partial charge in [-0.2, -0.15) is 0 Å². The number of carbonyl (C=O) groups is 4. The number of benzene rings is 1. The van der Waals surface area contributed by atoms with Crippen molar-refractivity contribution in [2.75, 3.05) is 6.54 Å². The summed E-state index contributed by atoms with van der Waals surface area (Å²) in [6.45, 7) is 1.75. The number of hydrogen-bond donors (Lipinski definition) is 2. The van der Waals surface area contributed by atoms with E-state index < -0.39 is 35.7 Å². The molecule has 3 rings (SSSR count). The van der Waals surface area contributed by atoms with E-state index >= 15 is 0 Å². The summed E-state index contributed by atoms with van der Waals surface area (Å²) in [7, 11) is 0. The number of hydrogen-bond acceptors (Lipinski definition) is 4. The minimum Gasteiger partial charge on any atom is -0.481 e. The highest BCUT2D eigenvalue weighted by Gasteiger charge is 2.41. The minimum absolute atomic E-state index is 0.125. The third-order valence-corrected chi connectivity index (χ3v) is 5.36. The van der Waals surface area contributed by atoms with E-state index in [0.717, 1.165) is 24.2 Å². The number of fused-ring (bicyclic) bond motifs is 1. The van der Waals surface area contributed by atoms with E-state index in [0.29, 0.717) is 17.5 Å². The fourth-order valence-corrected chi connectivity index (χ4v) is 3.83. The van der Waals surface area contributed by atoms with Gasteiger partial charge in [-0.25, -0.2) is 0 Å². The molecule has 0 saturated heterocycles. The van der Waals surface area contributed by atoms with Gasteiger partial charge in [0.15, 0.2) is 0 Å². The Balaban J connectivity index is 1.64. The van der Waals surface area contributed by atoms with E-state index in [1.165, 1.54) is 6.92 Å². The lowest BCUT2D eigenvalue weighted by atomic mass is 9.79. The number of nitrogens with zero attached hydrogens (tertiary/aromatic N) is 1. The summed E-state index contributed by atoms with van der Waals surface area (Å²) in [6.07, 6.45) is 3.19. The Kier molecular flexibility index (Phi) is 5.06. The Morgan fingerprint density at radius 2 is 1.73 bits per heavy atom. The first kappa shape index (κ1) is 18.1. The fraction of sp³-hybridized carbons (Fsp3) is 0.474. The van der Waals surface area contributed by atoms with Gasteiger partial charge in [0.2, 0.25) is 5.91 Å². The topological polar surface area (TPSA) is 104 Å². The van der Waals surface area contributed by atoms with Crippen LogP contribution < -0.4 is 5.32 Å². The van der Waals surface area contributed by atoms with Crippen LogP contribution in [0.15, 0.2) is 24.3 Å². The van der Waals surface area contributed by atoms with Crippen molar-refractivity contribution in [3.63, 3.8) is 0 Å². The van der Waals surface area contributed by atoms with Gasteiger partial charge in [0.25, 0.3) is 11.8 Å². The molecule has 7 nitrogen and oxygen atoms in total. The molecule has 0 bridgehead atoms. The van der Waals surface area contributed by atoms with Crippen LogP contribution in [0.3, 0.4) is 0 Å². The van der Waals surface area contributed by atoms with Crippen molar-refractivity contribution in [2.45, 2.75) is 38.6 Å². The van der Waals surface area contributed by atoms with Crippen LogP contribution in [-0.4, -0.2) is 46.3 Å². The van der Waals surface area contributed by atoms with E-state index in [4.69, 9.17) is 0 Å².